The number of fused-ring (bicyclic) bond motifs is 1. The number of benzene rings is 2. The van der Waals surface area contributed by atoms with Gasteiger partial charge >= 0.3 is 0 Å². The fourth-order valence-electron chi connectivity index (χ4n) is 3.52. The smallest absolute Gasteiger partial charge is 0.251 e. The van der Waals surface area contributed by atoms with Crippen LogP contribution in [-0.2, 0) is 17.8 Å². The van der Waals surface area contributed by atoms with E-state index in [0.29, 0.717) is 27.7 Å². The van der Waals surface area contributed by atoms with E-state index in [1.165, 1.54) is 13.2 Å². The third-order valence-corrected chi connectivity index (χ3v) is 5.50. The monoisotopic (exact) mass is 449 g/mol. The summed E-state index contributed by atoms with van der Waals surface area (Å²) in [6.45, 7) is 0.276. The zero-order valence-corrected chi connectivity index (χ0v) is 18.0. The van der Waals surface area contributed by atoms with E-state index in [4.69, 9.17) is 16.3 Å². The Kier molecular flexibility index (Phi) is 6.18. The van der Waals surface area contributed by atoms with Crippen molar-refractivity contribution >= 4 is 34.9 Å². The normalized spacial score (nSPS) is 15.0. The molecule has 4 rings (SSSR count). The molecule has 32 heavy (non-hydrogen) atoms. The molecule has 1 aromatic heterocycles. The number of nitrogens with one attached hydrogen (secondary N) is 2. The highest BCUT2D eigenvalue weighted by Crippen LogP contribution is 2.29. The number of hydrogen-bond acceptors (Lipinski definition) is 5. The summed E-state index contributed by atoms with van der Waals surface area (Å²) in [5.41, 5.74) is 2.71. The number of amides is 2. The third-order valence-electron chi connectivity index (χ3n) is 5.25. The topological polar surface area (TPSA) is 97.4 Å². The Morgan fingerprint density at radius 1 is 1.09 bits per heavy atom. The van der Waals surface area contributed by atoms with Gasteiger partial charge in [-0.05, 0) is 53.9 Å². The lowest BCUT2D eigenvalue weighted by Gasteiger charge is -2.24. The Balaban J connectivity index is 1.50. The van der Waals surface area contributed by atoms with Crippen molar-refractivity contribution in [3.05, 3.63) is 88.1 Å². The van der Waals surface area contributed by atoms with Crippen LogP contribution in [0.1, 0.15) is 31.8 Å². The molecule has 1 atom stereocenters. The molecule has 0 bridgehead atoms. The van der Waals surface area contributed by atoms with Crippen molar-refractivity contribution in [3.63, 3.8) is 0 Å². The molecular formula is C24H20ClN3O4. The van der Waals surface area contributed by atoms with Gasteiger partial charge in [0.1, 0.15) is 5.92 Å². The lowest BCUT2D eigenvalue weighted by Crippen LogP contribution is -2.37. The van der Waals surface area contributed by atoms with Crippen LogP contribution in [0, 0.1) is 5.92 Å². The Morgan fingerprint density at radius 3 is 2.62 bits per heavy atom. The van der Waals surface area contributed by atoms with Crippen LogP contribution in [-0.4, -0.2) is 29.7 Å². The molecular weight excluding hydrogens is 430 g/mol. The van der Waals surface area contributed by atoms with Crippen LogP contribution < -0.4 is 15.4 Å². The molecule has 2 heterocycles. The van der Waals surface area contributed by atoms with E-state index >= 15 is 0 Å². The van der Waals surface area contributed by atoms with Crippen molar-refractivity contribution in [2.75, 3.05) is 12.4 Å². The van der Waals surface area contributed by atoms with Crippen molar-refractivity contribution in [2.45, 2.75) is 13.0 Å². The van der Waals surface area contributed by atoms with Crippen LogP contribution in [0.3, 0.4) is 0 Å². The highest BCUT2D eigenvalue weighted by Gasteiger charge is 2.34. The standard InChI is InChI=1S/C24H20ClN3O4/c1-32-21-11-15(8-9-26-21)13-27-23(30)16-4-7-20-18(12-16)22(29)19(24(31)28-20)10-14-2-5-17(25)6-3-14/h2-9,11-12,19H,10,13H2,1H3,(H,27,30)(H,28,31). The average molecular weight is 450 g/mol. The maximum Gasteiger partial charge on any atom is 0.251 e. The lowest BCUT2D eigenvalue weighted by atomic mass is 9.86. The largest absolute Gasteiger partial charge is 0.481 e. The van der Waals surface area contributed by atoms with Crippen LogP contribution in [0.4, 0.5) is 5.69 Å². The van der Waals surface area contributed by atoms with Gasteiger partial charge in [-0.25, -0.2) is 4.98 Å². The van der Waals surface area contributed by atoms with Crippen molar-refractivity contribution in [1.82, 2.24) is 10.3 Å². The van der Waals surface area contributed by atoms with Crippen LogP contribution in [0.2, 0.25) is 5.02 Å². The van der Waals surface area contributed by atoms with Crippen LogP contribution in [0.25, 0.3) is 0 Å². The number of ether oxygens (including phenoxy) is 1. The van der Waals surface area contributed by atoms with Crippen LogP contribution >= 0.6 is 11.6 Å². The first kappa shape index (κ1) is 21.5. The maximum atomic E-state index is 13.1. The average Bonchev–Trinajstić information content (AvgIpc) is 2.81. The summed E-state index contributed by atoms with van der Waals surface area (Å²) >= 11 is 5.91. The second kappa shape index (κ2) is 9.20. The molecule has 2 N–H and O–H groups in total. The molecule has 2 amide bonds. The van der Waals surface area contributed by atoms with Gasteiger partial charge in [-0.1, -0.05) is 23.7 Å². The Labute approximate surface area is 189 Å². The number of rotatable bonds is 6. The van der Waals surface area contributed by atoms with E-state index in [9.17, 15) is 14.4 Å². The molecule has 162 valence electrons. The number of pyridine rings is 1. The fraction of sp³-hybridized carbons (Fsp3) is 0.167. The molecule has 0 aliphatic carbocycles. The van der Waals surface area contributed by atoms with E-state index in [1.807, 2.05) is 0 Å². The summed E-state index contributed by atoms with van der Waals surface area (Å²) in [7, 11) is 1.52. The highest BCUT2D eigenvalue weighted by atomic mass is 35.5. The van der Waals surface area contributed by atoms with Gasteiger partial charge in [0.15, 0.2) is 5.78 Å². The molecule has 8 heteroatoms. The number of Topliss-reactive ketones (excluding diaryl/α,β-unsaturated/α-hetero) is 1. The summed E-state index contributed by atoms with van der Waals surface area (Å²) in [6.07, 6.45) is 1.85. The summed E-state index contributed by atoms with van der Waals surface area (Å²) in [5, 5.41) is 6.17. The number of anilines is 1. The first-order valence-electron chi connectivity index (χ1n) is 9.95. The Bertz CT molecular complexity index is 1190. The number of halogens is 1. The number of aromatic nitrogens is 1. The number of carbonyl (C=O) groups excluding carboxylic acids is 3. The zero-order valence-electron chi connectivity index (χ0n) is 17.2. The molecule has 0 saturated heterocycles. The molecule has 0 radical (unpaired) electrons. The van der Waals surface area contributed by atoms with Gasteiger partial charge < -0.3 is 15.4 Å². The number of methoxy groups -OCH3 is 1. The Hall–Kier alpha value is -3.71. The minimum absolute atomic E-state index is 0.252. The lowest BCUT2D eigenvalue weighted by molar-refractivity contribution is -0.118. The van der Waals surface area contributed by atoms with Gasteiger partial charge in [-0.3, -0.25) is 14.4 Å². The molecule has 7 nitrogen and oxygen atoms in total. The predicted molar refractivity (Wildman–Crippen MR) is 120 cm³/mol. The van der Waals surface area contributed by atoms with Gasteiger partial charge in [-0.15, -0.1) is 0 Å². The number of nitrogens with zero attached hydrogens (tertiary/aromatic N) is 1. The first-order chi connectivity index (χ1) is 15.4. The first-order valence-corrected chi connectivity index (χ1v) is 10.3. The van der Waals surface area contributed by atoms with Gasteiger partial charge in [0.05, 0.1) is 12.8 Å². The molecule has 3 aromatic rings. The zero-order chi connectivity index (χ0) is 22.7. The number of carbonyl (C=O) groups is 3. The molecule has 0 saturated carbocycles. The molecule has 0 fully saturated rings. The molecule has 1 unspecified atom stereocenters. The highest BCUT2D eigenvalue weighted by molar-refractivity contribution is 6.30. The summed E-state index contributed by atoms with van der Waals surface area (Å²) in [5.74, 6) is -1.42. The molecule has 1 aliphatic rings. The predicted octanol–water partition coefficient (Wildman–Crippen LogP) is 3.67. The summed E-state index contributed by atoms with van der Waals surface area (Å²) in [6, 6.07) is 15.2. The van der Waals surface area contributed by atoms with Crippen LogP contribution in [0.5, 0.6) is 5.88 Å². The van der Waals surface area contributed by atoms with Gasteiger partial charge in [0.2, 0.25) is 11.8 Å². The fourth-order valence-corrected chi connectivity index (χ4v) is 3.65. The van der Waals surface area contributed by atoms with Gasteiger partial charge in [-0.2, -0.15) is 0 Å². The van der Waals surface area contributed by atoms with Gasteiger partial charge in [0.25, 0.3) is 5.91 Å². The summed E-state index contributed by atoms with van der Waals surface area (Å²) in [4.78, 5) is 42.3. The second-order valence-electron chi connectivity index (χ2n) is 7.39. The molecule has 1 aliphatic heterocycles. The van der Waals surface area contributed by atoms with Gasteiger partial charge in [0, 0.05) is 35.0 Å². The van der Waals surface area contributed by atoms with E-state index < -0.39 is 5.92 Å². The van der Waals surface area contributed by atoms with Crippen molar-refractivity contribution in [3.8, 4) is 5.88 Å². The quantitative estimate of drug-likeness (QED) is 0.559. The number of ketones is 1. The molecule has 0 spiro atoms. The SMILES string of the molecule is COc1cc(CNC(=O)c2ccc3c(c2)C(=O)C(Cc2ccc(Cl)cc2)C(=O)N3)ccn1. The Morgan fingerprint density at radius 2 is 1.88 bits per heavy atom. The van der Waals surface area contributed by atoms with Crippen molar-refractivity contribution in [1.29, 1.82) is 0 Å². The maximum absolute atomic E-state index is 13.1. The molecule has 2 aromatic carbocycles. The van der Waals surface area contributed by atoms with Crippen molar-refractivity contribution < 1.29 is 19.1 Å². The van der Waals surface area contributed by atoms with Crippen molar-refractivity contribution in [2.24, 2.45) is 5.92 Å². The van der Waals surface area contributed by atoms with E-state index in [-0.39, 0.29) is 30.6 Å². The van der Waals surface area contributed by atoms with E-state index in [2.05, 4.69) is 15.6 Å². The van der Waals surface area contributed by atoms with Crippen LogP contribution in [0.15, 0.2) is 60.8 Å². The minimum Gasteiger partial charge on any atom is -0.481 e. The number of hydrogen-bond donors (Lipinski definition) is 2. The second-order valence-corrected chi connectivity index (χ2v) is 7.82. The van der Waals surface area contributed by atoms with E-state index in [0.717, 1.165) is 11.1 Å². The third kappa shape index (κ3) is 4.63. The summed E-state index contributed by atoms with van der Waals surface area (Å²) < 4.78 is 5.09. The minimum atomic E-state index is -0.869. The van der Waals surface area contributed by atoms with E-state index in [1.54, 1.807) is 54.7 Å².